The summed E-state index contributed by atoms with van der Waals surface area (Å²) in [5, 5.41) is 12.6. The molecule has 0 amide bonds. The molecule has 4 heteroatoms. The van der Waals surface area contributed by atoms with E-state index in [1.54, 1.807) is 6.07 Å². The first kappa shape index (κ1) is 15.3. The van der Waals surface area contributed by atoms with Gasteiger partial charge in [-0.15, -0.1) is 0 Å². The molecule has 0 bridgehead atoms. The van der Waals surface area contributed by atoms with Crippen molar-refractivity contribution in [2.75, 3.05) is 19.6 Å². The van der Waals surface area contributed by atoms with Crippen LogP contribution in [0, 0.1) is 5.82 Å². The van der Waals surface area contributed by atoms with Crippen molar-refractivity contribution >= 4 is 0 Å². The molecule has 1 aliphatic heterocycles. The number of phenolic OH excluding ortho intramolecular Hbond substituents is 1. The SMILES string of the molecule is CC(NCC(C)N1CCCCC1)c1ccc(O)cc1F. The van der Waals surface area contributed by atoms with Gasteiger partial charge in [-0.25, -0.2) is 4.39 Å². The molecule has 1 fully saturated rings. The fraction of sp³-hybridized carbons (Fsp3) is 0.625. The molecule has 2 atom stereocenters. The highest BCUT2D eigenvalue weighted by Crippen LogP contribution is 2.21. The number of benzene rings is 1. The summed E-state index contributed by atoms with van der Waals surface area (Å²) in [5.74, 6) is -0.379. The van der Waals surface area contributed by atoms with Gasteiger partial charge in [0, 0.05) is 30.3 Å². The van der Waals surface area contributed by atoms with Crippen molar-refractivity contribution in [3.63, 3.8) is 0 Å². The summed E-state index contributed by atoms with van der Waals surface area (Å²) in [7, 11) is 0. The van der Waals surface area contributed by atoms with Crippen LogP contribution in [0.4, 0.5) is 4.39 Å². The van der Waals surface area contributed by atoms with Crippen LogP contribution >= 0.6 is 0 Å². The second-order valence-corrected chi connectivity index (χ2v) is 5.78. The summed E-state index contributed by atoms with van der Waals surface area (Å²) >= 11 is 0. The molecule has 3 nitrogen and oxygen atoms in total. The van der Waals surface area contributed by atoms with Crippen molar-refractivity contribution in [2.24, 2.45) is 0 Å². The molecule has 0 aromatic heterocycles. The molecular formula is C16H25FN2O. The van der Waals surface area contributed by atoms with Crippen LogP contribution in [-0.4, -0.2) is 35.7 Å². The van der Waals surface area contributed by atoms with Crippen LogP contribution in [0.1, 0.15) is 44.7 Å². The quantitative estimate of drug-likeness (QED) is 0.870. The Kier molecular flexibility index (Phi) is 5.38. The average Bonchev–Trinajstić information content (AvgIpc) is 2.45. The lowest BCUT2D eigenvalue weighted by Gasteiger charge is -2.33. The van der Waals surface area contributed by atoms with Crippen LogP contribution in [0.3, 0.4) is 0 Å². The number of rotatable bonds is 5. The Morgan fingerprint density at radius 2 is 1.95 bits per heavy atom. The van der Waals surface area contributed by atoms with E-state index in [0.717, 1.165) is 6.54 Å². The third-order valence-electron chi connectivity index (χ3n) is 4.18. The van der Waals surface area contributed by atoms with Gasteiger partial charge in [-0.05, 0) is 45.8 Å². The molecule has 1 aromatic rings. The largest absolute Gasteiger partial charge is 0.508 e. The van der Waals surface area contributed by atoms with Gasteiger partial charge in [0.2, 0.25) is 0 Å². The van der Waals surface area contributed by atoms with Crippen LogP contribution in [0.15, 0.2) is 18.2 Å². The molecule has 2 N–H and O–H groups in total. The Hall–Kier alpha value is -1.13. The van der Waals surface area contributed by atoms with Gasteiger partial charge in [0.1, 0.15) is 11.6 Å². The first-order chi connectivity index (χ1) is 9.58. The molecule has 0 saturated carbocycles. The summed E-state index contributed by atoms with van der Waals surface area (Å²) in [6.07, 6.45) is 3.91. The first-order valence-corrected chi connectivity index (χ1v) is 7.54. The van der Waals surface area contributed by atoms with E-state index in [0.29, 0.717) is 11.6 Å². The lowest BCUT2D eigenvalue weighted by atomic mass is 10.1. The maximum atomic E-state index is 13.8. The van der Waals surface area contributed by atoms with Gasteiger partial charge >= 0.3 is 0 Å². The van der Waals surface area contributed by atoms with Crippen LogP contribution in [0.2, 0.25) is 0 Å². The molecule has 2 rings (SSSR count). The molecule has 1 heterocycles. The minimum Gasteiger partial charge on any atom is -0.508 e. The Bertz CT molecular complexity index is 432. The number of hydrogen-bond donors (Lipinski definition) is 2. The minimum atomic E-state index is -0.351. The van der Waals surface area contributed by atoms with Gasteiger partial charge in [-0.2, -0.15) is 0 Å². The minimum absolute atomic E-state index is 0.0277. The molecule has 2 unspecified atom stereocenters. The Morgan fingerprint density at radius 1 is 1.25 bits per heavy atom. The van der Waals surface area contributed by atoms with Crippen molar-refractivity contribution in [2.45, 2.75) is 45.2 Å². The molecule has 1 aliphatic rings. The maximum Gasteiger partial charge on any atom is 0.131 e. The molecule has 20 heavy (non-hydrogen) atoms. The summed E-state index contributed by atoms with van der Waals surface area (Å²) in [5.41, 5.74) is 0.605. The fourth-order valence-electron chi connectivity index (χ4n) is 2.81. The van der Waals surface area contributed by atoms with Gasteiger partial charge in [-0.3, -0.25) is 4.90 Å². The van der Waals surface area contributed by atoms with Gasteiger partial charge in [0.15, 0.2) is 0 Å². The topological polar surface area (TPSA) is 35.5 Å². The van der Waals surface area contributed by atoms with E-state index >= 15 is 0 Å². The number of likely N-dealkylation sites (tertiary alicyclic amines) is 1. The third kappa shape index (κ3) is 3.93. The number of phenols is 1. The number of halogens is 1. The van der Waals surface area contributed by atoms with Gasteiger partial charge in [0.25, 0.3) is 0 Å². The van der Waals surface area contributed by atoms with E-state index < -0.39 is 0 Å². The molecule has 1 saturated heterocycles. The average molecular weight is 280 g/mol. The summed E-state index contributed by atoms with van der Waals surface area (Å²) in [4.78, 5) is 2.50. The Balaban J connectivity index is 1.86. The summed E-state index contributed by atoms with van der Waals surface area (Å²) < 4.78 is 13.8. The molecule has 112 valence electrons. The van der Waals surface area contributed by atoms with Crippen molar-refractivity contribution in [3.05, 3.63) is 29.6 Å². The van der Waals surface area contributed by atoms with Crippen LogP contribution in [-0.2, 0) is 0 Å². The second-order valence-electron chi connectivity index (χ2n) is 5.78. The molecule has 0 spiro atoms. The zero-order chi connectivity index (χ0) is 14.5. The first-order valence-electron chi connectivity index (χ1n) is 7.54. The van der Waals surface area contributed by atoms with Crippen LogP contribution < -0.4 is 5.32 Å². The van der Waals surface area contributed by atoms with Gasteiger partial charge < -0.3 is 10.4 Å². The van der Waals surface area contributed by atoms with Crippen molar-refractivity contribution < 1.29 is 9.50 Å². The third-order valence-corrected chi connectivity index (χ3v) is 4.18. The number of nitrogens with one attached hydrogen (secondary N) is 1. The number of nitrogens with zero attached hydrogens (tertiary/aromatic N) is 1. The second kappa shape index (κ2) is 7.04. The molecular weight excluding hydrogens is 255 g/mol. The standard InChI is InChI=1S/C16H25FN2O/c1-12(19-8-4-3-5-9-19)11-18-13(2)15-7-6-14(20)10-16(15)17/h6-7,10,12-13,18,20H,3-5,8-9,11H2,1-2H3. The molecule has 1 aromatic carbocycles. The van der Waals surface area contributed by atoms with E-state index in [2.05, 4.69) is 17.1 Å². The number of aromatic hydroxyl groups is 1. The van der Waals surface area contributed by atoms with E-state index in [9.17, 15) is 9.50 Å². The highest BCUT2D eigenvalue weighted by molar-refractivity contribution is 5.29. The number of hydrogen-bond acceptors (Lipinski definition) is 3. The van der Waals surface area contributed by atoms with Crippen molar-refractivity contribution in [3.8, 4) is 5.75 Å². The fourth-order valence-corrected chi connectivity index (χ4v) is 2.81. The smallest absolute Gasteiger partial charge is 0.131 e. The molecule has 0 radical (unpaired) electrons. The Labute approximate surface area is 120 Å². The highest BCUT2D eigenvalue weighted by atomic mass is 19.1. The van der Waals surface area contributed by atoms with Crippen molar-refractivity contribution in [1.82, 2.24) is 10.2 Å². The van der Waals surface area contributed by atoms with E-state index in [1.165, 1.54) is 44.5 Å². The van der Waals surface area contributed by atoms with Crippen molar-refractivity contribution in [1.29, 1.82) is 0 Å². The van der Waals surface area contributed by atoms with Crippen LogP contribution in [0.25, 0.3) is 0 Å². The Morgan fingerprint density at radius 3 is 2.60 bits per heavy atom. The van der Waals surface area contributed by atoms with E-state index in [4.69, 9.17) is 0 Å². The summed E-state index contributed by atoms with van der Waals surface area (Å²) in [6, 6.07) is 4.76. The predicted octanol–water partition coefficient (Wildman–Crippen LogP) is 3.06. The zero-order valence-electron chi connectivity index (χ0n) is 12.4. The maximum absolute atomic E-state index is 13.8. The normalized spacial score (nSPS) is 19.8. The van der Waals surface area contributed by atoms with Gasteiger partial charge in [-0.1, -0.05) is 12.5 Å². The lowest BCUT2D eigenvalue weighted by molar-refractivity contribution is 0.168. The highest BCUT2D eigenvalue weighted by Gasteiger charge is 2.18. The summed E-state index contributed by atoms with van der Waals surface area (Å²) in [6.45, 7) is 7.37. The molecule has 0 aliphatic carbocycles. The van der Waals surface area contributed by atoms with E-state index in [-0.39, 0.29) is 17.6 Å². The predicted molar refractivity (Wildman–Crippen MR) is 79.4 cm³/mol. The van der Waals surface area contributed by atoms with Gasteiger partial charge in [0.05, 0.1) is 0 Å². The zero-order valence-corrected chi connectivity index (χ0v) is 12.4. The van der Waals surface area contributed by atoms with E-state index in [1.807, 2.05) is 6.92 Å². The van der Waals surface area contributed by atoms with Crippen LogP contribution in [0.5, 0.6) is 5.75 Å². The lowest BCUT2D eigenvalue weighted by Crippen LogP contribution is -2.43. The number of piperidine rings is 1. The monoisotopic (exact) mass is 280 g/mol.